The molecule has 0 bridgehead atoms. The molecule has 0 radical (unpaired) electrons. The van der Waals surface area contributed by atoms with Crippen molar-refractivity contribution in [1.82, 2.24) is 0 Å². The number of allylic oxidation sites excluding steroid dienone is 3. The summed E-state index contributed by atoms with van der Waals surface area (Å²) in [5.41, 5.74) is 1.90. The molecule has 0 aromatic rings. The second-order valence-corrected chi connectivity index (χ2v) is 11.0. The number of carbonyl (C=O) groups excluding carboxylic acids is 1. The van der Waals surface area contributed by atoms with Gasteiger partial charge in [0.05, 0.1) is 6.10 Å². The summed E-state index contributed by atoms with van der Waals surface area (Å²) in [6.45, 7) is 6.86. The number of hydrogen-bond acceptors (Lipinski definition) is 2. The second-order valence-electron chi connectivity index (χ2n) is 11.0. The predicted molar refractivity (Wildman–Crippen MR) is 108 cm³/mol. The average Bonchev–Trinajstić information content (AvgIpc) is 2.92. The zero-order valence-electron chi connectivity index (χ0n) is 17.3. The third-order valence-corrected chi connectivity index (χ3v) is 10.4. The zero-order chi connectivity index (χ0) is 19.0. The van der Waals surface area contributed by atoms with E-state index in [9.17, 15) is 9.90 Å². The molecule has 0 amide bonds. The lowest BCUT2D eigenvalue weighted by Crippen LogP contribution is -2.54. The van der Waals surface area contributed by atoms with Gasteiger partial charge in [0.1, 0.15) is 5.78 Å². The van der Waals surface area contributed by atoms with Crippen LogP contribution in [0.5, 0.6) is 0 Å². The van der Waals surface area contributed by atoms with E-state index in [0.717, 1.165) is 43.9 Å². The number of ketones is 1. The molecule has 0 aliphatic heterocycles. The van der Waals surface area contributed by atoms with E-state index in [4.69, 9.17) is 0 Å². The standard InChI is InChI=1S/C25H36O2/c1-16(26)25-11-5-4-6-18(25)15-22-20-8-7-17-14-19(27)9-12-23(17,2)21(20)10-13-24(22,25)3/h4-5,7,18-22,27H,6,8-15H2,1-3H3/t18-,19?,20?,21?,22?,23-,24-,25?/m0/s1. The van der Waals surface area contributed by atoms with Crippen LogP contribution < -0.4 is 0 Å². The van der Waals surface area contributed by atoms with Gasteiger partial charge in [0, 0.05) is 5.41 Å². The number of aliphatic hydroxyl groups is 1. The molecule has 3 fully saturated rings. The fraction of sp³-hybridized carbons (Fsp3) is 0.800. The smallest absolute Gasteiger partial charge is 0.137 e. The Kier molecular flexibility index (Phi) is 3.91. The van der Waals surface area contributed by atoms with Crippen LogP contribution in [0, 0.1) is 39.9 Å². The van der Waals surface area contributed by atoms with Gasteiger partial charge in [-0.2, -0.15) is 0 Å². The summed E-state index contributed by atoms with van der Waals surface area (Å²) in [7, 11) is 0. The van der Waals surface area contributed by atoms with Gasteiger partial charge in [0.25, 0.3) is 0 Å². The van der Waals surface area contributed by atoms with Crippen LogP contribution in [-0.4, -0.2) is 17.0 Å². The van der Waals surface area contributed by atoms with Crippen molar-refractivity contribution in [2.45, 2.75) is 84.7 Å². The Balaban J connectivity index is 1.54. The maximum Gasteiger partial charge on any atom is 0.137 e. The summed E-state index contributed by atoms with van der Waals surface area (Å²) in [6, 6.07) is 0. The third-order valence-electron chi connectivity index (χ3n) is 10.4. The van der Waals surface area contributed by atoms with Crippen molar-refractivity contribution in [1.29, 1.82) is 0 Å². The molecular weight excluding hydrogens is 332 g/mol. The molecular formula is C25H36O2. The molecule has 148 valence electrons. The molecule has 5 unspecified atom stereocenters. The van der Waals surface area contributed by atoms with Crippen LogP contribution in [0.25, 0.3) is 0 Å². The van der Waals surface area contributed by atoms with Crippen molar-refractivity contribution >= 4 is 5.78 Å². The first-order valence-electron chi connectivity index (χ1n) is 11.4. The molecule has 0 aromatic carbocycles. The number of Topliss-reactive ketones (excluding diaryl/α,β-unsaturated/α-hetero) is 1. The molecule has 0 aromatic heterocycles. The molecule has 5 aliphatic rings. The van der Waals surface area contributed by atoms with Gasteiger partial charge in [0.15, 0.2) is 0 Å². The molecule has 2 heteroatoms. The SMILES string of the molecule is CC(=O)C12CC=CC[C@H]1CC1C3CC=C4CC(O)CC[C@]4(C)C3CC[C@@]12C. The van der Waals surface area contributed by atoms with Crippen LogP contribution in [0.15, 0.2) is 23.8 Å². The largest absolute Gasteiger partial charge is 0.393 e. The van der Waals surface area contributed by atoms with E-state index in [1.165, 1.54) is 25.7 Å². The maximum absolute atomic E-state index is 13.1. The molecule has 27 heavy (non-hydrogen) atoms. The lowest BCUT2D eigenvalue weighted by atomic mass is 9.44. The van der Waals surface area contributed by atoms with Gasteiger partial charge in [-0.25, -0.2) is 0 Å². The van der Waals surface area contributed by atoms with Crippen LogP contribution in [0.3, 0.4) is 0 Å². The summed E-state index contributed by atoms with van der Waals surface area (Å²) in [5, 5.41) is 10.2. The maximum atomic E-state index is 13.1. The second kappa shape index (κ2) is 5.81. The minimum absolute atomic E-state index is 0.106. The minimum Gasteiger partial charge on any atom is -0.393 e. The Morgan fingerprint density at radius 1 is 1.11 bits per heavy atom. The molecule has 1 N–H and O–H groups in total. The van der Waals surface area contributed by atoms with E-state index < -0.39 is 0 Å². The minimum atomic E-state index is -0.129. The summed E-state index contributed by atoms with van der Waals surface area (Å²) in [5.74, 6) is 3.18. The van der Waals surface area contributed by atoms with Crippen molar-refractivity contribution in [2.75, 3.05) is 0 Å². The molecule has 3 saturated carbocycles. The van der Waals surface area contributed by atoms with Gasteiger partial charge >= 0.3 is 0 Å². The van der Waals surface area contributed by atoms with Crippen LogP contribution in [-0.2, 0) is 4.79 Å². The number of fused-ring (bicyclic) bond motifs is 7. The number of aliphatic hydroxyl groups excluding tert-OH is 1. The van der Waals surface area contributed by atoms with Gasteiger partial charge in [-0.05, 0) is 99.2 Å². The van der Waals surface area contributed by atoms with Crippen molar-refractivity contribution in [3.05, 3.63) is 23.8 Å². The first-order chi connectivity index (χ1) is 12.8. The predicted octanol–water partition coefficient (Wildman–Crippen LogP) is 5.46. The molecule has 0 spiro atoms. The van der Waals surface area contributed by atoms with Gasteiger partial charge in [0.2, 0.25) is 0 Å². The highest BCUT2D eigenvalue weighted by molar-refractivity contribution is 5.85. The fourth-order valence-corrected chi connectivity index (χ4v) is 8.98. The fourth-order valence-electron chi connectivity index (χ4n) is 8.98. The summed E-state index contributed by atoms with van der Waals surface area (Å²) < 4.78 is 0. The monoisotopic (exact) mass is 368 g/mol. The topological polar surface area (TPSA) is 37.3 Å². The van der Waals surface area contributed by atoms with Gasteiger partial charge in [-0.15, -0.1) is 0 Å². The van der Waals surface area contributed by atoms with Gasteiger partial charge < -0.3 is 5.11 Å². The van der Waals surface area contributed by atoms with Crippen molar-refractivity contribution in [3.8, 4) is 0 Å². The average molecular weight is 369 g/mol. The Morgan fingerprint density at radius 2 is 1.93 bits per heavy atom. The molecule has 5 aliphatic carbocycles. The summed E-state index contributed by atoms with van der Waals surface area (Å²) in [4.78, 5) is 13.1. The Bertz CT molecular complexity index is 720. The molecule has 0 heterocycles. The highest BCUT2D eigenvalue weighted by Gasteiger charge is 2.68. The Labute approximate surface area is 164 Å². The number of hydrogen-bond donors (Lipinski definition) is 1. The van der Waals surface area contributed by atoms with E-state index in [1.807, 2.05) is 6.92 Å². The quantitative estimate of drug-likeness (QED) is 0.624. The third kappa shape index (κ3) is 2.14. The van der Waals surface area contributed by atoms with E-state index in [-0.39, 0.29) is 16.9 Å². The van der Waals surface area contributed by atoms with E-state index in [2.05, 4.69) is 32.1 Å². The Hall–Kier alpha value is -0.890. The van der Waals surface area contributed by atoms with Crippen molar-refractivity contribution in [3.63, 3.8) is 0 Å². The molecule has 0 saturated heterocycles. The first-order valence-corrected chi connectivity index (χ1v) is 11.4. The molecule has 5 rings (SSSR count). The van der Waals surface area contributed by atoms with Crippen LogP contribution in [0.1, 0.15) is 78.6 Å². The summed E-state index contributed by atoms with van der Waals surface area (Å²) >= 11 is 0. The Morgan fingerprint density at radius 3 is 2.70 bits per heavy atom. The highest BCUT2D eigenvalue weighted by atomic mass is 16.3. The van der Waals surface area contributed by atoms with E-state index in [0.29, 0.717) is 23.0 Å². The summed E-state index contributed by atoms with van der Waals surface area (Å²) in [6.07, 6.45) is 17.0. The normalized spacial score (nSPS) is 53.6. The van der Waals surface area contributed by atoms with Crippen molar-refractivity contribution in [2.24, 2.45) is 39.9 Å². The van der Waals surface area contributed by atoms with E-state index >= 15 is 0 Å². The van der Waals surface area contributed by atoms with Gasteiger partial charge in [-0.3, -0.25) is 4.79 Å². The van der Waals surface area contributed by atoms with Crippen molar-refractivity contribution < 1.29 is 9.90 Å². The zero-order valence-corrected chi connectivity index (χ0v) is 17.3. The van der Waals surface area contributed by atoms with Crippen LogP contribution in [0.4, 0.5) is 0 Å². The highest BCUT2D eigenvalue weighted by Crippen LogP contribution is 2.73. The lowest BCUT2D eigenvalue weighted by molar-refractivity contribution is -0.144. The lowest BCUT2D eigenvalue weighted by Gasteiger charge is -2.60. The first kappa shape index (κ1) is 18.2. The van der Waals surface area contributed by atoms with Crippen LogP contribution in [0.2, 0.25) is 0 Å². The van der Waals surface area contributed by atoms with Gasteiger partial charge in [-0.1, -0.05) is 37.6 Å². The molecule has 8 atom stereocenters. The molecule has 2 nitrogen and oxygen atoms in total. The number of carbonyl (C=O) groups is 1. The van der Waals surface area contributed by atoms with Crippen LogP contribution >= 0.6 is 0 Å². The number of rotatable bonds is 1. The van der Waals surface area contributed by atoms with E-state index in [1.54, 1.807) is 5.57 Å².